The molecule has 88 valence electrons. The molecule has 0 aromatic carbocycles. The van der Waals surface area contributed by atoms with Gasteiger partial charge in [0.05, 0.1) is 0 Å². The lowest BCUT2D eigenvalue weighted by atomic mass is 10.0. The second-order valence-corrected chi connectivity index (χ2v) is 5.19. The molecule has 3 nitrogen and oxygen atoms in total. The number of fused-ring (bicyclic) bond motifs is 1. The van der Waals surface area contributed by atoms with Crippen LogP contribution >= 0.6 is 11.3 Å². The number of Topliss-reactive ketones (excluding diaryl/α,β-unsaturated/α-hetero) is 1. The highest BCUT2D eigenvalue weighted by Gasteiger charge is 2.23. The maximum atomic E-state index is 11.7. The molecule has 0 amide bonds. The number of rotatable bonds is 4. The largest absolute Gasteiger partial charge is 0.348 e. The molecule has 4 heteroatoms. The van der Waals surface area contributed by atoms with Gasteiger partial charge >= 0.3 is 0 Å². The highest BCUT2D eigenvalue weighted by atomic mass is 32.1. The molecule has 0 bridgehead atoms. The van der Waals surface area contributed by atoms with Crippen molar-refractivity contribution >= 4 is 22.3 Å². The summed E-state index contributed by atoms with van der Waals surface area (Å²) in [7, 11) is 0. The van der Waals surface area contributed by atoms with E-state index in [9.17, 15) is 4.79 Å². The molecule has 1 aliphatic rings. The lowest BCUT2D eigenvalue weighted by Crippen LogP contribution is -2.23. The molecule has 0 aliphatic heterocycles. The van der Waals surface area contributed by atoms with Gasteiger partial charge in [-0.1, -0.05) is 6.92 Å². The van der Waals surface area contributed by atoms with Crippen molar-refractivity contribution in [1.29, 1.82) is 0 Å². The Kier molecular flexibility index (Phi) is 3.59. The lowest BCUT2D eigenvalue weighted by molar-refractivity contribution is 0.0968. The van der Waals surface area contributed by atoms with Gasteiger partial charge in [-0.2, -0.15) is 0 Å². The molecule has 0 unspecified atom stereocenters. The molecular formula is C12H18N2OS. The number of anilines is 1. The molecule has 0 saturated carbocycles. The normalized spacial score (nSPS) is 15.0. The van der Waals surface area contributed by atoms with Gasteiger partial charge in [0.25, 0.3) is 0 Å². The van der Waals surface area contributed by atoms with Gasteiger partial charge in [-0.05, 0) is 26.2 Å². The van der Waals surface area contributed by atoms with Crippen molar-refractivity contribution in [2.24, 2.45) is 0 Å². The summed E-state index contributed by atoms with van der Waals surface area (Å²) in [6, 6.07) is 0. The summed E-state index contributed by atoms with van der Waals surface area (Å²) in [5.74, 6) is 0.233. The van der Waals surface area contributed by atoms with Crippen LogP contribution in [0.5, 0.6) is 0 Å². The minimum Gasteiger partial charge on any atom is -0.348 e. The summed E-state index contributed by atoms with van der Waals surface area (Å²) in [6.45, 7) is 6.30. The molecule has 0 atom stereocenters. The van der Waals surface area contributed by atoms with Crippen LogP contribution in [0.15, 0.2) is 0 Å². The van der Waals surface area contributed by atoms with E-state index in [-0.39, 0.29) is 5.78 Å². The van der Waals surface area contributed by atoms with Crippen LogP contribution in [0.4, 0.5) is 5.13 Å². The zero-order valence-corrected chi connectivity index (χ0v) is 10.8. The van der Waals surface area contributed by atoms with E-state index in [0.29, 0.717) is 6.42 Å². The van der Waals surface area contributed by atoms with E-state index in [2.05, 4.69) is 23.7 Å². The molecule has 0 saturated heterocycles. The van der Waals surface area contributed by atoms with Crippen molar-refractivity contribution in [2.75, 3.05) is 18.0 Å². The zero-order valence-electron chi connectivity index (χ0n) is 9.95. The number of hydrogen-bond donors (Lipinski definition) is 0. The third-order valence-electron chi connectivity index (χ3n) is 2.90. The van der Waals surface area contributed by atoms with Crippen molar-refractivity contribution in [1.82, 2.24) is 4.98 Å². The standard InChI is InChI=1S/C12H18N2OS/c1-3-8-14(4-2)12-13-11-9(15)6-5-7-10(11)16-12/h3-8H2,1-2H3. The molecule has 0 radical (unpaired) electrons. The molecule has 0 fully saturated rings. The van der Waals surface area contributed by atoms with Gasteiger partial charge in [-0.25, -0.2) is 4.98 Å². The smallest absolute Gasteiger partial charge is 0.186 e. The first kappa shape index (κ1) is 11.6. The van der Waals surface area contributed by atoms with Crippen LogP contribution in [0, 0.1) is 0 Å². The monoisotopic (exact) mass is 238 g/mol. The Labute approximate surface area is 100 Å². The quantitative estimate of drug-likeness (QED) is 0.808. The van der Waals surface area contributed by atoms with Gasteiger partial charge in [-0.15, -0.1) is 11.3 Å². The first-order valence-corrected chi connectivity index (χ1v) is 6.85. The van der Waals surface area contributed by atoms with Crippen molar-refractivity contribution < 1.29 is 4.79 Å². The summed E-state index contributed by atoms with van der Waals surface area (Å²) in [5.41, 5.74) is 0.751. The number of aryl methyl sites for hydroxylation is 1. The number of hydrogen-bond acceptors (Lipinski definition) is 4. The molecule has 0 N–H and O–H groups in total. The zero-order chi connectivity index (χ0) is 11.5. The van der Waals surface area contributed by atoms with Crippen molar-refractivity contribution in [3.63, 3.8) is 0 Å². The number of ketones is 1. The van der Waals surface area contributed by atoms with E-state index in [1.54, 1.807) is 11.3 Å². The third kappa shape index (κ3) is 2.12. The number of nitrogens with zero attached hydrogens (tertiary/aromatic N) is 2. The van der Waals surface area contributed by atoms with Gasteiger partial charge in [0.2, 0.25) is 0 Å². The second kappa shape index (κ2) is 4.95. The fraction of sp³-hybridized carbons (Fsp3) is 0.667. The summed E-state index contributed by atoms with van der Waals surface area (Å²) in [6.07, 6.45) is 3.82. The number of carbonyl (C=O) groups is 1. The minimum atomic E-state index is 0.233. The van der Waals surface area contributed by atoms with Crippen LogP contribution in [0.1, 0.15) is 48.5 Å². The molecule has 1 aromatic heterocycles. The van der Waals surface area contributed by atoms with Gasteiger partial charge in [0.15, 0.2) is 10.9 Å². The van der Waals surface area contributed by atoms with Gasteiger partial charge in [0.1, 0.15) is 5.69 Å². The van der Waals surface area contributed by atoms with Crippen molar-refractivity contribution in [2.45, 2.75) is 39.5 Å². The van der Waals surface area contributed by atoms with E-state index >= 15 is 0 Å². The fourth-order valence-corrected chi connectivity index (χ4v) is 3.26. The predicted molar refractivity (Wildman–Crippen MR) is 67.6 cm³/mol. The Bertz CT molecular complexity index is 386. The molecule has 1 aromatic rings. The highest BCUT2D eigenvalue weighted by molar-refractivity contribution is 7.16. The number of thiazole rings is 1. The number of carbonyl (C=O) groups excluding carboxylic acids is 1. The maximum Gasteiger partial charge on any atom is 0.186 e. The van der Waals surface area contributed by atoms with Crippen LogP contribution in [0.2, 0.25) is 0 Å². The molecule has 2 rings (SSSR count). The summed E-state index contributed by atoms with van der Waals surface area (Å²) >= 11 is 1.71. The van der Waals surface area contributed by atoms with Crippen LogP contribution < -0.4 is 4.90 Å². The van der Waals surface area contributed by atoms with E-state index in [1.165, 1.54) is 4.88 Å². The molecular weight excluding hydrogens is 220 g/mol. The summed E-state index contributed by atoms with van der Waals surface area (Å²) in [4.78, 5) is 19.7. The molecule has 1 aliphatic carbocycles. The Morgan fingerprint density at radius 1 is 1.38 bits per heavy atom. The lowest BCUT2D eigenvalue weighted by Gasteiger charge is -2.18. The average Bonchev–Trinajstić information content (AvgIpc) is 2.71. The Hall–Kier alpha value is -0.900. The summed E-state index contributed by atoms with van der Waals surface area (Å²) < 4.78 is 0. The van der Waals surface area contributed by atoms with Gasteiger partial charge in [0, 0.05) is 24.4 Å². The van der Waals surface area contributed by atoms with E-state index in [1.807, 2.05) is 0 Å². The van der Waals surface area contributed by atoms with E-state index in [4.69, 9.17) is 0 Å². The maximum absolute atomic E-state index is 11.7. The second-order valence-electron chi connectivity index (χ2n) is 4.12. The predicted octanol–water partition coefficient (Wildman–Crippen LogP) is 2.90. The Morgan fingerprint density at radius 2 is 2.19 bits per heavy atom. The van der Waals surface area contributed by atoms with Crippen LogP contribution in [-0.4, -0.2) is 23.9 Å². The van der Waals surface area contributed by atoms with Crippen LogP contribution in [0.3, 0.4) is 0 Å². The van der Waals surface area contributed by atoms with Gasteiger partial charge < -0.3 is 4.90 Å². The number of aromatic nitrogens is 1. The van der Waals surface area contributed by atoms with Gasteiger partial charge in [-0.3, -0.25) is 4.79 Å². The van der Waals surface area contributed by atoms with E-state index < -0.39 is 0 Å². The first-order valence-electron chi connectivity index (χ1n) is 6.04. The van der Waals surface area contributed by atoms with Crippen LogP contribution in [0.25, 0.3) is 0 Å². The molecule has 0 spiro atoms. The minimum absolute atomic E-state index is 0.233. The van der Waals surface area contributed by atoms with Crippen molar-refractivity contribution in [3.05, 3.63) is 10.6 Å². The van der Waals surface area contributed by atoms with E-state index in [0.717, 1.165) is 43.2 Å². The van der Waals surface area contributed by atoms with Crippen LogP contribution in [-0.2, 0) is 6.42 Å². The summed E-state index contributed by atoms with van der Waals surface area (Å²) in [5, 5.41) is 1.03. The molecule has 1 heterocycles. The fourth-order valence-electron chi connectivity index (χ4n) is 2.05. The highest BCUT2D eigenvalue weighted by Crippen LogP contribution is 2.31. The SMILES string of the molecule is CCCN(CC)c1nc2c(s1)CCCC2=O. The third-order valence-corrected chi connectivity index (χ3v) is 4.08. The molecule has 16 heavy (non-hydrogen) atoms. The Balaban J connectivity index is 2.26. The Morgan fingerprint density at radius 3 is 2.81 bits per heavy atom. The topological polar surface area (TPSA) is 33.2 Å². The first-order chi connectivity index (χ1) is 7.76. The van der Waals surface area contributed by atoms with Crippen molar-refractivity contribution in [3.8, 4) is 0 Å². The average molecular weight is 238 g/mol.